The number of carboxylic acid groups (broad SMARTS) is 1. The van der Waals surface area contributed by atoms with Crippen molar-refractivity contribution < 1.29 is 28.9 Å². The van der Waals surface area contributed by atoms with Crippen LogP contribution in [0.2, 0.25) is 0 Å². The van der Waals surface area contributed by atoms with E-state index >= 15 is 0 Å². The number of pyridine rings is 2. The molecule has 1 aliphatic rings. The largest absolute Gasteiger partial charge is 0.491 e. The highest BCUT2D eigenvalue weighted by Crippen LogP contribution is 2.43. The van der Waals surface area contributed by atoms with Crippen molar-refractivity contribution in [1.29, 1.82) is 0 Å². The number of anilines is 1. The lowest BCUT2D eigenvalue weighted by molar-refractivity contribution is -0.160. The van der Waals surface area contributed by atoms with Crippen LogP contribution in [0.3, 0.4) is 0 Å². The molecule has 226 valence electrons. The summed E-state index contributed by atoms with van der Waals surface area (Å²) in [6.45, 7) is 13.2. The predicted molar refractivity (Wildman–Crippen MR) is 160 cm³/mol. The third-order valence-electron chi connectivity index (χ3n) is 7.61. The number of rotatable bonds is 10. The van der Waals surface area contributed by atoms with E-state index in [0.29, 0.717) is 54.4 Å². The zero-order chi connectivity index (χ0) is 30.7. The van der Waals surface area contributed by atoms with Crippen molar-refractivity contribution >= 4 is 11.7 Å². The first-order valence-corrected chi connectivity index (χ1v) is 14.4. The molecule has 1 aromatic carbocycles. The minimum atomic E-state index is -1.33. The molecule has 2 N–H and O–H groups in total. The molecule has 2 aromatic heterocycles. The Morgan fingerprint density at radius 3 is 2.36 bits per heavy atom. The van der Waals surface area contributed by atoms with E-state index in [-0.39, 0.29) is 16.9 Å². The van der Waals surface area contributed by atoms with Gasteiger partial charge in [0.05, 0.1) is 42.1 Å². The second kappa shape index (κ2) is 12.8. The number of aliphatic carboxylic acids is 1. The summed E-state index contributed by atoms with van der Waals surface area (Å²) < 4.78 is 25.3. The van der Waals surface area contributed by atoms with Gasteiger partial charge in [0.1, 0.15) is 11.6 Å². The van der Waals surface area contributed by atoms with Gasteiger partial charge in [0.25, 0.3) is 0 Å². The Labute approximate surface area is 247 Å². The summed E-state index contributed by atoms with van der Waals surface area (Å²) in [4.78, 5) is 24.1. The summed E-state index contributed by atoms with van der Waals surface area (Å²) in [7, 11) is 0. The zero-order valence-electron chi connectivity index (χ0n) is 25.4. The number of aromatic nitrogens is 2. The molecule has 42 heavy (non-hydrogen) atoms. The van der Waals surface area contributed by atoms with Crippen LogP contribution in [0.5, 0.6) is 5.75 Å². The number of benzene rings is 1. The fraction of sp³-hybridized carbons (Fsp3) is 0.485. The van der Waals surface area contributed by atoms with Gasteiger partial charge in [0, 0.05) is 36.8 Å². The lowest BCUT2D eigenvalue weighted by Gasteiger charge is -2.40. The van der Waals surface area contributed by atoms with Crippen molar-refractivity contribution in [1.82, 2.24) is 9.97 Å². The minimum absolute atomic E-state index is 0.166. The number of hydrogen-bond acceptors (Lipinski definition) is 7. The molecule has 4 rings (SSSR count). The van der Waals surface area contributed by atoms with Crippen molar-refractivity contribution in [3.05, 3.63) is 70.9 Å². The molecule has 8 nitrogen and oxygen atoms in total. The van der Waals surface area contributed by atoms with E-state index in [9.17, 15) is 19.4 Å². The molecule has 1 aliphatic heterocycles. The Bertz CT molecular complexity index is 1390. The highest BCUT2D eigenvalue weighted by Gasteiger charge is 2.36. The van der Waals surface area contributed by atoms with Crippen LogP contribution >= 0.6 is 0 Å². The van der Waals surface area contributed by atoms with Gasteiger partial charge in [0.2, 0.25) is 0 Å². The quantitative estimate of drug-likeness (QED) is 0.290. The molecule has 0 unspecified atom stereocenters. The number of aliphatic hydroxyl groups is 1. The maximum absolute atomic E-state index is 13.2. The van der Waals surface area contributed by atoms with Gasteiger partial charge in [-0.15, -0.1) is 0 Å². The summed E-state index contributed by atoms with van der Waals surface area (Å²) in [5.74, 6) is -0.791. The Morgan fingerprint density at radius 2 is 1.79 bits per heavy atom. The van der Waals surface area contributed by atoms with E-state index in [2.05, 4.69) is 23.7 Å². The summed E-state index contributed by atoms with van der Waals surface area (Å²) in [6, 6.07) is 8.26. The number of hydrogen-bond donors (Lipinski definition) is 2. The number of carbonyl (C=O) groups is 1. The summed E-state index contributed by atoms with van der Waals surface area (Å²) in [5, 5.41) is 20.6. The molecule has 3 heterocycles. The third kappa shape index (κ3) is 7.63. The van der Waals surface area contributed by atoms with Crippen LogP contribution in [0.1, 0.15) is 75.9 Å². The fourth-order valence-corrected chi connectivity index (χ4v) is 5.18. The van der Waals surface area contributed by atoms with Crippen molar-refractivity contribution in [2.24, 2.45) is 5.41 Å². The monoisotopic (exact) mass is 579 g/mol. The van der Waals surface area contributed by atoms with Crippen LogP contribution in [0.25, 0.3) is 11.3 Å². The molecule has 0 saturated carbocycles. The van der Waals surface area contributed by atoms with Crippen LogP contribution < -0.4 is 9.64 Å². The molecule has 1 saturated heterocycles. The average molecular weight is 580 g/mol. The first-order chi connectivity index (χ1) is 19.8. The molecular weight excluding hydrogens is 537 g/mol. The van der Waals surface area contributed by atoms with Crippen LogP contribution in [0, 0.1) is 18.2 Å². The Balaban J connectivity index is 1.74. The Morgan fingerprint density at radius 1 is 1.12 bits per heavy atom. The molecular formula is C33H42FN3O5. The van der Waals surface area contributed by atoms with Crippen LogP contribution in [-0.2, 0) is 22.6 Å². The highest BCUT2D eigenvalue weighted by atomic mass is 19.1. The number of ether oxygens (including phenoxy) is 2. The molecule has 0 aliphatic carbocycles. The average Bonchev–Trinajstić information content (AvgIpc) is 2.92. The summed E-state index contributed by atoms with van der Waals surface area (Å²) in [5.41, 5.74) is 3.85. The minimum Gasteiger partial charge on any atom is -0.491 e. The van der Waals surface area contributed by atoms with Gasteiger partial charge in [0.15, 0.2) is 6.10 Å². The zero-order valence-corrected chi connectivity index (χ0v) is 25.4. The molecule has 0 bridgehead atoms. The maximum atomic E-state index is 13.2. The topological polar surface area (TPSA) is 105 Å². The van der Waals surface area contributed by atoms with Crippen molar-refractivity contribution in [2.75, 3.05) is 24.6 Å². The van der Waals surface area contributed by atoms with Gasteiger partial charge < -0.3 is 24.6 Å². The SMILES string of the molecule is Cc1cc(-c2cnc(CO)c([C@H](OC(C)(C)C)C(=O)O)c2N2CCC(C)(C)CC2)ncc1OCCc1ccc(F)cc1. The van der Waals surface area contributed by atoms with Crippen LogP contribution in [-0.4, -0.2) is 51.4 Å². The normalized spacial score (nSPS) is 15.9. The molecule has 1 atom stereocenters. The van der Waals surface area contributed by atoms with E-state index in [1.807, 2.05) is 33.8 Å². The molecule has 0 spiro atoms. The second-order valence-corrected chi connectivity index (χ2v) is 12.7. The first kappa shape index (κ1) is 31.4. The number of nitrogens with zero attached hydrogens (tertiary/aromatic N) is 3. The van der Waals surface area contributed by atoms with Gasteiger partial charge in [-0.2, -0.15) is 0 Å². The standard InChI is InChI=1S/C33H42FN3O5/c1-21-17-25(36-19-27(21)41-16-11-22-7-9-23(34)10-8-22)24-18-35-26(20-38)28(30(31(39)40)42-32(2,3)4)29(24)37-14-12-33(5,6)13-15-37/h7-10,17-19,30,38H,11-16,20H2,1-6H3,(H,39,40)/t30-/m0/s1. The number of aryl methyl sites for hydroxylation is 1. The van der Waals surface area contributed by atoms with Gasteiger partial charge in [-0.25, -0.2) is 9.18 Å². The number of aliphatic hydroxyl groups excluding tert-OH is 1. The molecule has 9 heteroatoms. The Kier molecular flexibility index (Phi) is 9.53. The molecule has 3 aromatic rings. The number of piperidine rings is 1. The van der Waals surface area contributed by atoms with Gasteiger partial charge in [-0.1, -0.05) is 26.0 Å². The molecule has 1 fully saturated rings. The summed E-state index contributed by atoms with van der Waals surface area (Å²) in [6.07, 6.45) is 4.47. The van der Waals surface area contributed by atoms with Gasteiger partial charge >= 0.3 is 5.97 Å². The smallest absolute Gasteiger partial charge is 0.337 e. The van der Waals surface area contributed by atoms with Crippen LogP contribution in [0.15, 0.2) is 42.7 Å². The fourth-order valence-electron chi connectivity index (χ4n) is 5.18. The van der Waals surface area contributed by atoms with Crippen molar-refractivity contribution in [3.63, 3.8) is 0 Å². The highest BCUT2D eigenvalue weighted by molar-refractivity contribution is 5.85. The third-order valence-corrected chi connectivity index (χ3v) is 7.61. The predicted octanol–water partition coefficient (Wildman–Crippen LogP) is 6.27. The van der Waals surface area contributed by atoms with E-state index in [1.165, 1.54) is 12.1 Å². The number of halogens is 1. The van der Waals surface area contributed by atoms with Crippen molar-refractivity contribution in [3.8, 4) is 17.0 Å². The lowest BCUT2D eigenvalue weighted by Crippen LogP contribution is -2.39. The lowest BCUT2D eigenvalue weighted by atomic mass is 9.82. The number of carboxylic acids is 1. The van der Waals surface area contributed by atoms with Gasteiger partial charge in [-0.3, -0.25) is 9.97 Å². The van der Waals surface area contributed by atoms with Gasteiger partial charge in [-0.05, 0) is 75.3 Å². The van der Waals surface area contributed by atoms with E-state index in [0.717, 1.165) is 24.0 Å². The van der Waals surface area contributed by atoms with E-state index in [4.69, 9.17) is 14.5 Å². The maximum Gasteiger partial charge on any atom is 0.337 e. The summed E-state index contributed by atoms with van der Waals surface area (Å²) >= 11 is 0. The molecule has 0 amide bonds. The molecule has 0 radical (unpaired) electrons. The van der Waals surface area contributed by atoms with E-state index in [1.54, 1.807) is 24.5 Å². The van der Waals surface area contributed by atoms with Crippen LogP contribution in [0.4, 0.5) is 10.1 Å². The first-order valence-electron chi connectivity index (χ1n) is 14.4. The second-order valence-electron chi connectivity index (χ2n) is 12.7. The van der Waals surface area contributed by atoms with Crippen molar-refractivity contribution in [2.45, 2.75) is 79.1 Å². The Hall–Kier alpha value is -3.56. The van der Waals surface area contributed by atoms with E-state index < -0.39 is 24.3 Å².